The molecule has 0 saturated carbocycles. The maximum Gasteiger partial charge on any atom is 0.240 e. The lowest BCUT2D eigenvalue weighted by molar-refractivity contribution is -0.126. The average molecular weight is 202 g/mol. The third-order valence-corrected chi connectivity index (χ3v) is 1.81. The average Bonchev–Trinajstić information content (AvgIpc) is 2.16. The third-order valence-electron chi connectivity index (χ3n) is 1.81. The summed E-state index contributed by atoms with van der Waals surface area (Å²) in [5.41, 5.74) is 15.5. The van der Waals surface area contributed by atoms with Crippen LogP contribution in [0.3, 0.4) is 0 Å². The van der Waals surface area contributed by atoms with Crippen LogP contribution in [0.5, 0.6) is 0 Å². The van der Waals surface area contributed by atoms with Gasteiger partial charge in [-0.05, 0) is 25.8 Å². The summed E-state index contributed by atoms with van der Waals surface area (Å²) in [4.78, 5) is 21.8. The highest BCUT2D eigenvalue weighted by molar-refractivity contribution is 5.87. The Bertz CT molecular complexity index is 196. The Balaban J connectivity index is 3.90. The molecule has 0 saturated heterocycles. The standard InChI is InChI=1S/C8H18N4O2/c9-4-2-1-3-6(8(11)14)12-7(13)5-10/h6H,1-5,9-10H2,(H2,11,14)(H,12,13)/t6-/m0/s1. The Labute approximate surface area is 83.2 Å². The smallest absolute Gasteiger partial charge is 0.240 e. The van der Waals surface area contributed by atoms with E-state index in [1.165, 1.54) is 0 Å². The van der Waals surface area contributed by atoms with Gasteiger partial charge in [0.1, 0.15) is 6.04 Å². The molecule has 0 aromatic rings. The van der Waals surface area contributed by atoms with Gasteiger partial charge in [-0.15, -0.1) is 0 Å². The number of rotatable bonds is 7. The molecule has 0 heterocycles. The number of unbranched alkanes of at least 4 members (excludes halogenated alkanes) is 1. The molecule has 2 amide bonds. The van der Waals surface area contributed by atoms with Crippen molar-refractivity contribution in [2.45, 2.75) is 25.3 Å². The molecule has 0 aromatic carbocycles. The molecule has 0 unspecified atom stereocenters. The maximum atomic E-state index is 10.9. The zero-order valence-corrected chi connectivity index (χ0v) is 8.16. The number of carbonyl (C=O) groups excluding carboxylic acids is 2. The monoisotopic (exact) mass is 202 g/mol. The molecule has 6 nitrogen and oxygen atoms in total. The molecule has 0 fully saturated rings. The molecule has 14 heavy (non-hydrogen) atoms. The van der Waals surface area contributed by atoms with Crippen molar-refractivity contribution in [1.82, 2.24) is 5.32 Å². The number of carbonyl (C=O) groups is 2. The minimum Gasteiger partial charge on any atom is -0.368 e. The van der Waals surface area contributed by atoms with Crippen molar-refractivity contribution in [2.24, 2.45) is 17.2 Å². The summed E-state index contributed by atoms with van der Waals surface area (Å²) in [6.45, 7) is 0.428. The quantitative estimate of drug-likeness (QED) is 0.358. The van der Waals surface area contributed by atoms with Crippen LogP contribution in [-0.4, -0.2) is 30.9 Å². The van der Waals surface area contributed by atoms with Gasteiger partial charge < -0.3 is 22.5 Å². The molecule has 0 spiro atoms. The second-order valence-electron chi connectivity index (χ2n) is 3.01. The van der Waals surface area contributed by atoms with Gasteiger partial charge in [0.05, 0.1) is 6.54 Å². The van der Waals surface area contributed by atoms with Crippen molar-refractivity contribution in [2.75, 3.05) is 13.1 Å². The van der Waals surface area contributed by atoms with E-state index in [0.717, 1.165) is 12.8 Å². The largest absolute Gasteiger partial charge is 0.368 e. The van der Waals surface area contributed by atoms with Gasteiger partial charge in [-0.25, -0.2) is 0 Å². The first-order valence-corrected chi connectivity index (χ1v) is 4.60. The van der Waals surface area contributed by atoms with Gasteiger partial charge in [0.2, 0.25) is 11.8 Å². The summed E-state index contributed by atoms with van der Waals surface area (Å²) in [6, 6.07) is -0.627. The number of hydrogen-bond donors (Lipinski definition) is 4. The number of primary amides is 1. The molecule has 82 valence electrons. The highest BCUT2D eigenvalue weighted by atomic mass is 16.2. The molecule has 1 atom stereocenters. The van der Waals surface area contributed by atoms with E-state index in [1.807, 2.05) is 0 Å². The van der Waals surface area contributed by atoms with Crippen molar-refractivity contribution in [3.63, 3.8) is 0 Å². The Hall–Kier alpha value is -1.14. The van der Waals surface area contributed by atoms with Gasteiger partial charge in [0.15, 0.2) is 0 Å². The minimum atomic E-state index is -0.627. The van der Waals surface area contributed by atoms with E-state index in [4.69, 9.17) is 17.2 Å². The Morgan fingerprint density at radius 1 is 1.21 bits per heavy atom. The van der Waals surface area contributed by atoms with Crippen LogP contribution < -0.4 is 22.5 Å². The number of nitrogens with two attached hydrogens (primary N) is 3. The summed E-state index contributed by atoms with van der Waals surface area (Å²) in [7, 11) is 0. The molecule has 0 aliphatic heterocycles. The molecule has 0 radical (unpaired) electrons. The molecule has 0 rings (SSSR count). The lowest BCUT2D eigenvalue weighted by Gasteiger charge is -2.14. The zero-order valence-electron chi connectivity index (χ0n) is 8.16. The molecular formula is C8H18N4O2. The van der Waals surface area contributed by atoms with Crippen molar-refractivity contribution >= 4 is 11.8 Å². The van der Waals surface area contributed by atoms with E-state index in [9.17, 15) is 9.59 Å². The molecule has 0 aliphatic carbocycles. The molecule has 0 aromatic heterocycles. The van der Waals surface area contributed by atoms with Crippen LogP contribution in [0.2, 0.25) is 0 Å². The highest BCUT2D eigenvalue weighted by Crippen LogP contribution is 1.99. The molecular weight excluding hydrogens is 184 g/mol. The predicted molar refractivity (Wildman–Crippen MR) is 53.1 cm³/mol. The molecule has 7 N–H and O–H groups in total. The summed E-state index contributed by atoms with van der Waals surface area (Å²) in [5.74, 6) is -0.912. The number of nitrogens with one attached hydrogen (secondary N) is 1. The van der Waals surface area contributed by atoms with Gasteiger partial charge in [-0.2, -0.15) is 0 Å². The fourth-order valence-electron chi connectivity index (χ4n) is 1.03. The van der Waals surface area contributed by atoms with Crippen LogP contribution in [0.1, 0.15) is 19.3 Å². The first-order chi connectivity index (χ1) is 6.61. The van der Waals surface area contributed by atoms with Gasteiger partial charge >= 0.3 is 0 Å². The minimum absolute atomic E-state index is 0.138. The zero-order chi connectivity index (χ0) is 11.0. The van der Waals surface area contributed by atoms with E-state index < -0.39 is 11.9 Å². The van der Waals surface area contributed by atoms with E-state index in [0.29, 0.717) is 13.0 Å². The van der Waals surface area contributed by atoms with E-state index in [1.54, 1.807) is 0 Å². The van der Waals surface area contributed by atoms with Crippen molar-refractivity contribution in [3.05, 3.63) is 0 Å². The van der Waals surface area contributed by atoms with Gasteiger partial charge in [-0.3, -0.25) is 9.59 Å². The normalized spacial score (nSPS) is 12.1. The predicted octanol–water partition coefficient (Wildman–Crippen LogP) is -1.96. The Morgan fingerprint density at radius 3 is 2.29 bits per heavy atom. The lowest BCUT2D eigenvalue weighted by Crippen LogP contribution is -2.46. The number of amides is 2. The van der Waals surface area contributed by atoms with Gasteiger partial charge in [0.25, 0.3) is 0 Å². The fraction of sp³-hybridized carbons (Fsp3) is 0.750. The fourth-order valence-corrected chi connectivity index (χ4v) is 1.03. The van der Waals surface area contributed by atoms with E-state index in [-0.39, 0.29) is 12.5 Å². The van der Waals surface area contributed by atoms with Crippen LogP contribution in [0, 0.1) is 0 Å². The van der Waals surface area contributed by atoms with Crippen LogP contribution in [0.25, 0.3) is 0 Å². The molecule has 6 heteroatoms. The maximum absolute atomic E-state index is 10.9. The SMILES string of the molecule is NCCCC[C@H](NC(=O)CN)C(N)=O. The van der Waals surface area contributed by atoms with Crippen molar-refractivity contribution < 1.29 is 9.59 Å². The summed E-state index contributed by atoms with van der Waals surface area (Å²) >= 11 is 0. The van der Waals surface area contributed by atoms with Gasteiger partial charge in [-0.1, -0.05) is 0 Å². The van der Waals surface area contributed by atoms with Crippen LogP contribution in [-0.2, 0) is 9.59 Å². The van der Waals surface area contributed by atoms with Crippen LogP contribution in [0.4, 0.5) is 0 Å². The second kappa shape index (κ2) is 7.28. The second-order valence-corrected chi connectivity index (χ2v) is 3.01. The van der Waals surface area contributed by atoms with E-state index >= 15 is 0 Å². The van der Waals surface area contributed by atoms with Crippen molar-refractivity contribution in [1.29, 1.82) is 0 Å². The summed E-state index contributed by atoms with van der Waals surface area (Å²) in [5, 5.41) is 2.45. The molecule has 0 bridgehead atoms. The highest BCUT2D eigenvalue weighted by Gasteiger charge is 2.16. The number of hydrogen-bond acceptors (Lipinski definition) is 4. The van der Waals surface area contributed by atoms with Crippen molar-refractivity contribution in [3.8, 4) is 0 Å². The van der Waals surface area contributed by atoms with Gasteiger partial charge in [0, 0.05) is 0 Å². The molecule has 0 aliphatic rings. The third kappa shape index (κ3) is 5.50. The lowest BCUT2D eigenvalue weighted by atomic mass is 10.1. The Kier molecular flexibility index (Phi) is 6.69. The van der Waals surface area contributed by atoms with E-state index in [2.05, 4.69) is 5.32 Å². The Morgan fingerprint density at radius 2 is 1.86 bits per heavy atom. The summed E-state index contributed by atoms with van der Waals surface area (Å²) in [6.07, 6.45) is 2.08. The summed E-state index contributed by atoms with van der Waals surface area (Å²) < 4.78 is 0. The van der Waals surface area contributed by atoms with Crippen LogP contribution in [0.15, 0.2) is 0 Å². The first kappa shape index (κ1) is 12.9. The van der Waals surface area contributed by atoms with Crippen LogP contribution >= 0.6 is 0 Å². The first-order valence-electron chi connectivity index (χ1n) is 4.60. The topological polar surface area (TPSA) is 124 Å².